The molecule has 0 atom stereocenters. The highest BCUT2D eigenvalue weighted by Crippen LogP contribution is 2.10. The summed E-state index contributed by atoms with van der Waals surface area (Å²) in [6, 6.07) is 1.34. The van der Waals surface area contributed by atoms with Gasteiger partial charge in [0.1, 0.15) is 11.4 Å². The summed E-state index contributed by atoms with van der Waals surface area (Å²) in [5, 5.41) is 12.8. The van der Waals surface area contributed by atoms with E-state index in [1.165, 1.54) is 23.1 Å². The Morgan fingerprint density at radius 2 is 2.24 bits per heavy atom. The topological polar surface area (TPSA) is 68.0 Å². The van der Waals surface area contributed by atoms with Gasteiger partial charge in [-0.25, -0.2) is 9.18 Å². The molecule has 2 aromatic rings. The lowest BCUT2D eigenvalue weighted by atomic mass is 10.2. The number of nitrogens with zero attached hydrogens (tertiary/aromatic N) is 3. The molecule has 0 radical (unpaired) electrons. The summed E-state index contributed by atoms with van der Waals surface area (Å²) in [5.41, 5.74) is 1.31. The maximum absolute atomic E-state index is 12.9. The van der Waals surface area contributed by atoms with E-state index in [2.05, 4.69) is 10.1 Å². The zero-order chi connectivity index (χ0) is 12.4. The first kappa shape index (κ1) is 11.3. The van der Waals surface area contributed by atoms with E-state index in [-0.39, 0.29) is 5.56 Å². The Morgan fingerprint density at radius 3 is 2.82 bits per heavy atom. The molecular formula is C11H10FN3O2. The number of carboxylic acids is 1. The Morgan fingerprint density at radius 1 is 1.47 bits per heavy atom. The molecular weight excluding hydrogens is 225 g/mol. The van der Waals surface area contributed by atoms with Crippen molar-refractivity contribution in [2.75, 3.05) is 0 Å². The standard InChI is InChI=1S/C11H10FN3O2/c1-7-10(11(16)17)5-14-15(7)6-8-2-9(12)4-13-3-8/h2-5H,6H2,1H3,(H,16,17). The summed E-state index contributed by atoms with van der Waals surface area (Å²) in [6.07, 6.45) is 3.91. The van der Waals surface area contributed by atoms with Crippen LogP contribution in [0.3, 0.4) is 0 Å². The van der Waals surface area contributed by atoms with Gasteiger partial charge in [-0.15, -0.1) is 0 Å². The third kappa shape index (κ3) is 2.30. The highest BCUT2D eigenvalue weighted by atomic mass is 19.1. The second-order valence-corrected chi connectivity index (χ2v) is 3.62. The van der Waals surface area contributed by atoms with Crippen molar-refractivity contribution in [1.29, 1.82) is 0 Å². The number of aromatic nitrogens is 3. The van der Waals surface area contributed by atoms with Crippen LogP contribution in [0.5, 0.6) is 0 Å². The van der Waals surface area contributed by atoms with E-state index in [0.29, 0.717) is 17.8 Å². The van der Waals surface area contributed by atoms with Crippen LogP contribution in [0, 0.1) is 12.7 Å². The Bertz CT molecular complexity index is 566. The average molecular weight is 235 g/mol. The fraction of sp³-hybridized carbons (Fsp3) is 0.182. The van der Waals surface area contributed by atoms with Gasteiger partial charge < -0.3 is 5.11 Å². The Labute approximate surface area is 96.5 Å². The molecule has 0 fully saturated rings. The molecule has 2 aromatic heterocycles. The van der Waals surface area contributed by atoms with Gasteiger partial charge in [-0.1, -0.05) is 0 Å². The largest absolute Gasteiger partial charge is 0.478 e. The fourth-order valence-electron chi connectivity index (χ4n) is 1.53. The molecule has 1 N–H and O–H groups in total. The van der Waals surface area contributed by atoms with E-state index in [1.54, 1.807) is 6.92 Å². The SMILES string of the molecule is Cc1c(C(=O)O)cnn1Cc1cncc(F)c1. The monoisotopic (exact) mass is 235 g/mol. The van der Waals surface area contributed by atoms with Gasteiger partial charge in [0, 0.05) is 6.20 Å². The minimum Gasteiger partial charge on any atom is -0.478 e. The van der Waals surface area contributed by atoms with Crippen LogP contribution in [0.15, 0.2) is 24.7 Å². The van der Waals surface area contributed by atoms with Gasteiger partial charge in [0.2, 0.25) is 0 Å². The Kier molecular flexibility index (Phi) is 2.86. The summed E-state index contributed by atoms with van der Waals surface area (Å²) >= 11 is 0. The van der Waals surface area contributed by atoms with E-state index in [9.17, 15) is 9.18 Å². The van der Waals surface area contributed by atoms with Crippen molar-refractivity contribution in [3.63, 3.8) is 0 Å². The first-order valence-electron chi connectivity index (χ1n) is 4.93. The molecule has 0 saturated heterocycles. The number of aromatic carboxylic acids is 1. The minimum absolute atomic E-state index is 0.148. The van der Waals surface area contributed by atoms with Crippen molar-refractivity contribution in [1.82, 2.24) is 14.8 Å². The molecule has 0 aromatic carbocycles. The summed E-state index contributed by atoms with van der Waals surface area (Å²) in [6.45, 7) is 1.95. The van der Waals surface area contributed by atoms with E-state index in [4.69, 9.17) is 5.11 Å². The summed E-state index contributed by atoms with van der Waals surface area (Å²) in [7, 11) is 0. The molecule has 88 valence electrons. The molecule has 0 aliphatic carbocycles. The molecule has 0 bridgehead atoms. The van der Waals surface area contributed by atoms with Crippen molar-refractivity contribution in [3.05, 3.63) is 47.3 Å². The van der Waals surface area contributed by atoms with Crippen LogP contribution in [0.25, 0.3) is 0 Å². The number of carboxylic acid groups (broad SMARTS) is 1. The second kappa shape index (κ2) is 4.32. The number of hydrogen-bond donors (Lipinski definition) is 1. The molecule has 2 rings (SSSR count). The first-order chi connectivity index (χ1) is 8.08. The minimum atomic E-state index is -1.02. The molecule has 0 aliphatic heterocycles. The van der Waals surface area contributed by atoms with Gasteiger partial charge >= 0.3 is 5.97 Å². The van der Waals surface area contributed by atoms with Gasteiger partial charge in [0.05, 0.1) is 24.6 Å². The maximum Gasteiger partial charge on any atom is 0.339 e. The lowest BCUT2D eigenvalue weighted by molar-refractivity contribution is 0.0696. The first-order valence-corrected chi connectivity index (χ1v) is 4.93. The highest BCUT2D eigenvalue weighted by Gasteiger charge is 2.12. The van der Waals surface area contributed by atoms with Gasteiger partial charge in [-0.05, 0) is 18.6 Å². The number of rotatable bonds is 3. The molecule has 0 unspecified atom stereocenters. The molecule has 5 nitrogen and oxygen atoms in total. The molecule has 2 heterocycles. The normalized spacial score (nSPS) is 10.5. The van der Waals surface area contributed by atoms with Crippen molar-refractivity contribution in [2.45, 2.75) is 13.5 Å². The fourth-order valence-corrected chi connectivity index (χ4v) is 1.53. The van der Waals surface area contributed by atoms with E-state index in [1.807, 2.05) is 0 Å². The molecule has 17 heavy (non-hydrogen) atoms. The number of pyridine rings is 1. The molecule has 0 saturated carbocycles. The maximum atomic E-state index is 12.9. The van der Waals surface area contributed by atoms with Crippen molar-refractivity contribution >= 4 is 5.97 Å². The number of hydrogen-bond acceptors (Lipinski definition) is 3. The summed E-state index contributed by atoms with van der Waals surface area (Å²) < 4.78 is 14.4. The van der Waals surface area contributed by atoms with Crippen LogP contribution in [-0.2, 0) is 6.54 Å². The Hall–Kier alpha value is -2.24. The number of halogens is 1. The molecule has 0 aliphatic rings. The predicted molar refractivity (Wildman–Crippen MR) is 57.2 cm³/mol. The average Bonchev–Trinajstić information content (AvgIpc) is 2.61. The van der Waals surface area contributed by atoms with Crippen LogP contribution in [0.4, 0.5) is 4.39 Å². The third-order valence-electron chi connectivity index (χ3n) is 2.43. The van der Waals surface area contributed by atoms with Crippen molar-refractivity contribution < 1.29 is 14.3 Å². The lowest BCUT2D eigenvalue weighted by Crippen LogP contribution is -2.06. The third-order valence-corrected chi connectivity index (χ3v) is 2.43. The highest BCUT2D eigenvalue weighted by molar-refractivity contribution is 5.88. The van der Waals surface area contributed by atoms with Gasteiger partial charge in [0.15, 0.2) is 0 Å². The number of carbonyl (C=O) groups is 1. The van der Waals surface area contributed by atoms with Gasteiger partial charge in [-0.2, -0.15) is 5.10 Å². The van der Waals surface area contributed by atoms with Crippen LogP contribution in [0.2, 0.25) is 0 Å². The van der Waals surface area contributed by atoms with Crippen LogP contribution < -0.4 is 0 Å². The van der Waals surface area contributed by atoms with Crippen LogP contribution >= 0.6 is 0 Å². The summed E-state index contributed by atoms with van der Waals surface area (Å²) in [5.74, 6) is -1.45. The van der Waals surface area contributed by atoms with E-state index in [0.717, 1.165) is 6.20 Å². The smallest absolute Gasteiger partial charge is 0.339 e. The Balaban J connectivity index is 2.28. The van der Waals surface area contributed by atoms with Crippen LogP contribution in [-0.4, -0.2) is 25.8 Å². The van der Waals surface area contributed by atoms with Gasteiger partial charge in [0.25, 0.3) is 0 Å². The second-order valence-electron chi connectivity index (χ2n) is 3.62. The van der Waals surface area contributed by atoms with Crippen molar-refractivity contribution in [2.24, 2.45) is 0 Å². The quantitative estimate of drug-likeness (QED) is 0.874. The molecule has 0 amide bonds. The van der Waals surface area contributed by atoms with Gasteiger partial charge in [-0.3, -0.25) is 9.67 Å². The zero-order valence-electron chi connectivity index (χ0n) is 9.09. The van der Waals surface area contributed by atoms with Crippen molar-refractivity contribution in [3.8, 4) is 0 Å². The lowest BCUT2D eigenvalue weighted by Gasteiger charge is -2.04. The van der Waals surface area contributed by atoms with Crippen LogP contribution in [0.1, 0.15) is 21.6 Å². The van der Waals surface area contributed by atoms with E-state index < -0.39 is 11.8 Å². The molecule has 0 spiro atoms. The van der Waals surface area contributed by atoms with E-state index >= 15 is 0 Å². The molecule has 6 heteroatoms. The zero-order valence-corrected chi connectivity index (χ0v) is 9.09. The summed E-state index contributed by atoms with van der Waals surface area (Å²) in [4.78, 5) is 14.5. The predicted octanol–water partition coefficient (Wildman–Crippen LogP) is 1.47.